The third-order valence-electron chi connectivity index (χ3n) is 3.32. The van der Waals surface area contributed by atoms with Crippen LogP contribution in [0.3, 0.4) is 0 Å². The molecule has 23 heavy (non-hydrogen) atoms. The minimum atomic E-state index is 0. The van der Waals surface area contributed by atoms with Crippen LogP contribution in [0.5, 0.6) is 0 Å². The molecule has 2 aromatic heterocycles. The highest BCUT2D eigenvalue weighted by molar-refractivity contribution is 8.93. The molecule has 3 aromatic rings. The zero-order chi connectivity index (χ0) is 15.9. The van der Waals surface area contributed by atoms with E-state index in [-0.39, 0.29) is 22.5 Å². The lowest BCUT2D eigenvalue weighted by molar-refractivity contribution is 0.783. The van der Waals surface area contributed by atoms with Gasteiger partial charge in [0.25, 0.3) is 0 Å². The fourth-order valence-electron chi connectivity index (χ4n) is 2.15. The second-order valence-electron chi connectivity index (χ2n) is 5.07. The van der Waals surface area contributed by atoms with Crippen molar-refractivity contribution in [1.82, 2.24) is 19.5 Å². The highest BCUT2D eigenvalue weighted by Gasteiger charge is 2.12. The fraction of sp³-hybridized carbons (Fsp3) is 0.214. The Morgan fingerprint density at radius 2 is 1.91 bits per heavy atom. The quantitative estimate of drug-likeness (QED) is 0.686. The van der Waals surface area contributed by atoms with Gasteiger partial charge < -0.3 is 14.5 Å². The van der Waals surface area contributed by atoms with Gasteiger partial charge in [0.05, 0.1) is 12.9 Å². The van der Waals surface area contributed by atoms with Crippen molar-refractivity contribution < 1.29 is 0 Å². The van der Waals surface area contributed by atoms with E-state index in [0.717, 1.165) is 5.56 Å². The van der Waals surface area contributed by atoms with E-state index in [1.807, 2.05) is 23.6 Å². The molecule has 0 atom stereocenters. The molecule has 0 aliphatic rings. The Labute approximate surface area is 153 Å². The zero-order valence-corrected chi connectivity index (χ0v) is 15.7. The summed E-state index contributed by atoms with van der Waals surface area (Å²) in [6.07, 6.45) is 1.57. The van der Waals surface area contributed by atoms with Gasteiger partial charge in [0.2, 0.25) is 5.95 Å². The predicted octanol–water partition coefficient (Wildman–Crippen LogP) is 3.24. The van der Waals surface area contributed by atoms with Crippen LogP contribution < -0.4 is 10.4 Å². The number of nitrogens with zero attached hydrogens (tertiary/aromatic N) is 4. The molecule has 0 saturated heterocycles. The maximum absolute atomic E-state index is 7.91. The molecule has 6 nitrogen and oxygen atoms in total. The predicted molar refractivity (Wildman–Crippen MR) is 97.9 cm³/mol. The van der Waals surface area contributed by atoms with Crippen molar-refractivity contribution in [3.8, 4) is 0 Å². The highest BCUT2D eigenvalue weighted by Crippen LogP contribution is 2.26. The van der Waals surface area contributed by atoms with E-state index < -0.39 is 0 Å². The fourth-order valence-corrected chi connectivity index (χ4v) is 2.67. The summed E-state index contributed by atoms with van der Waals surface area (Å²) < 4.78 is 1.82. The summed E-state index contributed by atoms with van der Waals surface area (Å²) in [6, 6.07) is 5.39. The third kappa shape index (κ3) is 3.36. The Kier molecular flexibility index (Phi) is 5.33. The Morgan fingerprint density at radius 1 is 1.26 bits per heavy atom. The van der Waals surface area contributed by atoms with Crippen LogP contribution >= 0.6 is 40.2 Å². The number of imidazole rings is 1. The van der Waals surface area contributed by atoms with E-state index in [1.54, 1.807) is 24.5 Å². The molecule has 0 fully saturated rings. The zero-order valence-electron chi connectivity index (χ0n) is 12.5. The Balaban J connectivity index is 0.00000192. The number of nitrogens with one attached hydrogen (secondary N) is 2. The summed E-state index contributed by atoms with van der Waals surface area (Å²) in [4.78, 5) is 13.5. The number of aromatic amines is 1. The number of hydrogen-bond donors (Lipinski definition) is 2. The first kappa shape index (κ1) is 17.8. The van der Waals surface area contributed by atoms with Gasteiger partial charge >= 0.3 is 0 Å². The van der Waals surface area contributed by atoms with Crippen LogP contribution in [0.2, 0.25) is 10.0 Å². The smallest absolute Gasteiger partial charge is 0.204 e. The van der Waals surface area contributed by atoms with E-state index in [9.17, 15) is 0 Å². The van der Waals surface area contributed by atoms with Gasteiger partial charge in [0, 0.05) is 29.7 Å². The van der Waals surface area contributed by atoms with Crippen LogP contribution in [0, 0.1) is 5.41 Å². The molecule has 2 heterocycles. The number of benzene rings is 1. The first-order valence-corrected chi connectivity index (χ1v) is 7.33. The van der Waals surface area contributed by atoms with Crippen molar-refractivity contribution in [3.63, 3.8) is 0 Å². The lowest BCUT2D eigenvalue weighted by atomic mass is 10.2. The van der Waals surface area contributed by atoms with Gasteiger partial charge in [-0.2, -0.15) is 4.98 Å². The summed E-state index contributed by atoms with van der Waals surface area (Å²) in [7, 11) is 3.76. The molecule has 0 aliphatic carbocycles. The summed E-state index contributed by atoms with van der Waals surface area (Å²) in [5.74, 6) is 0.663. The molecule has 0 aliphatic heterocycles. The second-order valence-corrected chi connectivity index (χ2v) is 5.89. The van der Waals surface area contributed by atoms with E-state index in [0.29, 0.717) is 33.7 Å². The second kappa shape index (κ2) is 6.90. The van der Waals surface area contributed by atoms with Gasteiger partial charge in [-0.1, -0.05) is 29.3 Å². The van der Waals surface area contributed by atoms with Crippen LogP contribution in [0.25, 0.3) is 11.2 Å². The summed E-state index contributed by atoms with van der Waals surface area (Å²) in [6.45, 7) is 0.431. The minimum Gasteiger partial charge on any atom is -0.348 e. The normalized spacial score (nSPS) is 10.6. The van der Waals surface area contributed by atoms with Crippen molar-refractivity contribution in [1.29, 1.82) is 5.41 Å². The lowest BCUT2D eigenvalue weighted by Crippen LogP contribution is -2.13. The van der Waals surface area contributed by atoms with Crippen LogP contribution in [0.1, 0.15) is 5.56 Å². The first-order valence-electron chi connectivity index (χ1n) is 6.57. The number of rotatable bonds is 3. The molecule has 0 spiro atoms. The number of aromatic nitrogens is 4. The van der Waals surface area contributed by atoms with Crippen molar-refractivity contribution in [2.75, 3.05) is 19.0 Å². The number of hydrogen-bond acceptors (Lipinski definition) is 4. The van der Waals surface area contributed by atoms with Gasteiger partial charge in [0.15, 0.2) is 11.1 Å². The van der Waals surface area contributed by atoms with Crippen LogP contribution in [-0.4, -0.2) is 33.6 Å². The van der Waals surface area contributed by atoms with Crippen LogP contribution in [-0.2, 0) is 6.54 Å². The standard InChI is InChI=1S/C14H14Cl2N6.BrH/c1-21(2)14-19-11-12(17)18-7-22(13(11)20-14)6-8-9(15)4-3-5-10(8)16;/h3-5,7,17H,6H2,1-2H3,(H,19,20);1H. The van der Waals surface area contributed by atoms with Gasteiger partial charge in [0.1, 0.15) is 5.52 Å². The van der Waals surface area contributed by atoms with E-state index in [4.69, 9.17) is 28.6 Å². The average molecular weight is 418 g/mol. The molecule has 0 saturated carbocycles. The molecule has 0 amide bonds. The molecular formula is C14H15BrCl2N6. The summed E-state index contributed by atoms with van der Waals surface area (Å²) in [5, 5.41) is 9.09. The van der Waals surface area contributed by atoms with E-state index >= 15 is 0 Å². The molecule has 122 valence electrons. The maximum atomic E-state index is 7.91. The van der Waals surface area contributed by atoms with Gasteiger partial charge in [-0.3, -0.25) is 5.41 Å². The molecule has 0 bridgehead atoms. The number of H-pyrrole nitrogens is 1. The maximum Gasteiger partial charge on any atom is 0.204 e. The molecule has 2 N–H and O–H groups in total. The number of fused-ring (bicyclic) bond motifs is 1. The Hall–Kier alpha value is -1.57. The van der Waals surface area contributed by atoms with Gasteiger partial charge in [-0.05, 0) is 12.1 Å². The van der Waals surface area contributed by atoms with Crippen molar-refractivity contribution >= 4 is 57.3 Å². The number of halogens is 3. The van der Waals surface area contributed by atoms with Crippen LogP contribution in [0.4, 0.5) is 5.95 Å². The van der Waals surface area contributed by atoms with Gasteiger partial charge in [-0.25, -0.2) is 4.98 Å². The molecule has 3 rings (SSSR count). The van der Waals surface area contributed by atoms with Crippen LogP contribution in [0.15, 0.2) is 24.5 Å². The largest absolute Gasteiger partial charge is 0.348 e. The molecule has 1 aromatic carbocycles. The van der Waals surface area contributed by atoms with E-state index in [2.05, 4.69) is 15.0 Å². The molecule has 0 unspecified atom stereocenters. The molecule has 9 heteroatoms. The molecule has 0 radical (unpaired) electrons. The van der Waals surface area contributed by atoms with Crippen molar-refractivity contribution in [2.45, 2.75) is 6.54 Å². The van der Waals surface area contributed by atoms with Crippen molar-refractivity contribution in [2.24, 2.45) is 0 Å². The van der Waals surface area contributed by atoms with Gasteiger partial charge in [-0.15, -0.1) is 17.0 Å². The monoisotopic (exact) mass is 416 g/mol. The summed E-state index contributed by atoms with van der Waals surface area (Å²) in [5.41, 5.74) is 2.16. The Morgan fingerprint density at radius 3 is 2.52 bits per heavy atom. The lowest BCUT2D eigenvalue weighted by Gasteiger charge is -2.10. The van der Waals surface area contributed by atoms with E-state index in [1.165, 1.54) is 0 Å². The summed E-state index contributed by atoms with van der Waals surface area (Å²) >= 11 is 12.5. The number of anilines is 1. The highest BCUT2D eigenvalue weighted by atomic mass is 79.9. The average Bonchev–Trinajstić information content (AvgIpc) is 2.92. The first-order chi connectivity index (χ1) is 10.5. The SMILES string of the molecule is Br.CN(C)c1nc2c([nH]1)c(=N)ncn2Cc1c(Cl)cccc1Cl. The minimum absolute atomic E-state index is 0. The topological polar surface area (TPSA) is 73.6 Å². The molecular weight excluding hydrogens is 403 g/mol. The third-order valence-corrected chi connectivity index (χ3v) is 4.03. The Bertz CT molecular complexity index is 882. The van der Waals surface area contributed by atoms with Crippen molar-refractivity contribution in [3.05, 3.63) is 45.6 Å².